The first-order valence-electron chi connectivity index (χ1n) is 5.99. The molecule has 0 bridgehead atoms. The maximum atomic E-state index is 13.2. The van der Waals surface area contributed by atoms with Gasteiger partial charge in [0.25, 0.3) is 0 Å². The van der Waals surface area contributed by atoms with Crippen LogP contribution in [0.15, 0.2) is 18.2 Å². The standard InChI is InChI=1S/C13H18ClFN2/c1-8-2-10(8)7-17-13(6-16)9-3-11(14)5-12(15)4-9/h3-5,8,10,13,17H,2,6-7,16H2,1H3. The molecule has 1 fully saturated rings. The van der Waals surface area contributed by atoms with Crippen molar-refractivity contribution in [1.82, 2.24) is 5.32 Å². The maximum absolute atomic E-state index is 13.2. The summed E-state index contributed by atoms with van der Waals surface area (Å²) in [4.78, 5) is 0. The minimum absolute atomic E-state index is 0.0176. The zero-order chi connectivity index (χ0) is 12.4. The molecular weight excluding hydrogens is 239 g/mol. The highest BCUT2D eigenvalue weighted by atomic mass is 35.5. The lowest BCUT2D eigenvalue weighted by atomic mass is 10.1. The fourth-order valence-electron chi connectivity index (χ4n) is 2.09. The van der Waals surface area contributed by atoms with Gasteiger partial charge in [0.15, 0.2) is 0 Å². The van der Waals surface area contributed by atoms with Gasteiger partial charge >= 0.3 is 0 Å². The van der Waals surface area contributed by atoms with Crippen LogP contribution in [-0.4, -0.2) is 13.1 Å². The summed E-state index contributed by atoms with van der Waals surface area (Å²) in [6, 6.07) is 4.55. The Bertz CT molecular complexity index is 377. The topological polar surface area (TPSA) is 38.0 Å². The maximum Gasteiger partial charge on any atom is 0.125 e. The van der Waals surface area contributed by atoms with E-state index in [0.29, 0.717) is 11.6 Å². The summed E-state index contributed by atoms with van der Waals surface area (Å²) in [5.74, 6) is 1.23. The third kappa shape index (κ3) is 3.41. The molecule has 1 aliphatic rings. The van der Waals surface area contributed by atoms with Crippen molar-refractivity contribution in [3.63, 3.8) is 0 Å². The van der Waals surface area contributed by atoms with Crippen LogP contribution in [0.25, 0.3) is 0 Å². The molecule has 1 aliphatic carbocycles. The molecule has 0 heterocycles. The van der Waals surface area contributed by atoms with Crippen molar-refractivity contribution in [3.05, 3.63) is 34.6 Å². The van der Waals surface area contributed by atoms with E-state index in [-0.39, 0.29) is 11.9 Å². The summed E-state index contributed by atoms with van der Waals surface area (Å²) >= 11 is 5.84. The smallest absolute Gasteiger partial charge is 0.125 e. The van der Waals surface area contributed by atoms with Gasteiger partial charge in [0, 0.05) is 17.6 Å². The van der Waals surface area contributed by atoms with Gasteiger partial charge in [0.05, 0.1) is 0 Å². The molecule has 0 saturated heterocycles. The van der Waals surface area contributed by atoms with E-state index in [9.17, 15) is 4.39 Å². The van der Waals surface area contributed by atoms with Crippen molar-refractivity contribution in [2.75, 3.05) is 13.1 Å². The number of benzene rings is 1. The van der Waals surface area contributed by atoms with Crippen molar-refractivity contribution in [2.24, 2.45) is 17.6 Å². The van der Waals surface area contributed by atoms with Crippen LogP contribution in [0.1, 0.15) is 24.9 Å². The quantitative estimate of drug-likeness (QED) is 0.850. The van der Waals surface area contributed by atoms with Crippen LogP contribution < -0.4 is 11.1 Å². The molecule has 1 aromatic carbocycles. The van der Waals surface area contributed by atoms with Gasteiger partial charge in [-0.05, 0) is 48.6 Å². The summed E-state index contributed by atoms with van der Waals surface area (Å²) in [6.07, 6.45) is 1.27. The van der Waals surface area contributed by atoms with Gasteiger partial charge in [0.1, 0.15) is 5.82 Å². The fourth-order valence-corrected chi connectivity index (χ4v) is 2.32. The first kappa shape index (κ1) is 12.8. The largest absolute Gasteiger partial charge is 0.329 e. The zero-order valence-electron chi connectivity index (χ0n) is 9.92. The Balaban J connectivity index is 2.00. The lowest BCUT2D eigenvalue weighted by molar-refractivity contribution is 0.508. The van der Waals surface area contributed by atoms with Crippen molar-refractivity contribution < 1.29 is 4.39 Å². The third-order valence-electron chi connectivity index (χ3n) is 3.43. The average molecular weight is 257 g/mol. The van der Waals surface area contributed by atoms with E-state index in [4.69, 9.17) is 17.3 Å². The Morgan fingerprint density at radius 3 is 2.76 bits per heavy atom. The highest BCUT2D eigenvalue weighted by Crippen LogP contribution is 2.37. The molecular formula is C13H18ClFN2. The van der Waals surface area contributed by atoms with Gasteiger partial charge in [0.2, 0.25) is 0 Å². The third-order valence-corrected chi connectivity index (χ3v) is 3.64. The van der Waals surface area contributed by atoms with Gasteiger partial charge in [-0.15, -0.1) is 0 Å². The zero-order valence-corrected chi connectivity index (χ0v) is 10.7. The Hall–Kier alpha value is -0.640. The molecule has 17 heavy (non-hydrogen) atoms. The minimum atomic E-state index is -0.312. The van der Waals surface area contributed by atoms with Crippen LogP contribution in [0.4, 0.5) is 4.39 Å². The Morgan fingerprint density at radius 2 is 2.24 bits per heavy atom. The molecule has 1 saturated carbocycles. The van der Waals surface area contributed by atoms with Crippen LogP contribution >= 0.6 is 11.6 Å². The van der Waals surface area contributed by atoms with Crippen LogP contribution in [-0.2, 0) is 0 Å². The van der Waals surface area contributed by atoms with Crippen molar-refractivity contribution in [1.29, 1.82) is 0 Å². The molecule has 0 radical (unpaired) electrons. The van der Waals surface area contributed by atoms with E-state index in [1.807, 2.05) is 0 Å². The Kier molecular flexibility index (Phi) is 4.02. The highest BCUT2D eigenvalue weighted by Gasteiger charge is 2.32. The highest BCUT2D eigenvalue weighted by molar-refractivity contribution is 6.30. The molecule has 94 valence electrons. The Labute approximate surface area is 106 Å². The lowest BCUT2D eigenvalue weighted by Crippen LogP contribution is -2.30. The number of hydrogen-bond acceptors (Lipinski definition) is 2. The van der Waals surface area contributed by atoms with Gasteiger partial charge in [-0.2, -0.15) is 0 Å². The monoisotopic (exact) mass is 256 g/mol. The van der Waals surface area contributed by atoms with Crippen molar-refractivity contribution in [2.45, 2.75) is 19.4 Å². The van der Waals surface area contributed by atoms with Crippen molar-refractivity contribution >= 4 is 11.6 Å². The summed E-state index contributed by atoms with van der Waals surface area (Å²) in [7, 11) is 0. The summed E-state index contributed by atoms with van der Waals surface area (Å²) in [5.41, 5.74) is 6.54. The predicted molar refractivity (Wildman–Crippen MR) is 68.5 cm³/mol. The summed E-state index contributed by atoms with van der Waals surface area (Å²) < 4.78 is 13.2. The van der Waals surface area contributed by atoms with E-state index in [0.717, 1.165) is 23.9 Å². The van der Waals surface area contributed by atoms with Crippen molar-refractivity contribution in [3.8, 4) is 0 Å². The normalized spacial score (nSPS) is 24.7. The second kappa shape index (κ2) is 5.34. The van der Waals surface area contributed by atoms with Crippen LogP contribution in [0.5, 0.6) is 0 Å². The number of hydrogen-bond donors (Lipinski definition) is 2. The molecule has 0 aromatic heterocycles. The number of rotatable bonds is 5. The van der Waals surface area contributed by atoms with E-state index in [1.165, 1.54) is 18.6 Å². The van der Waals surface area contributed by atoms with Gasteiger partial charge < -0.3 is 11.1 Å². The molecule has 0 amide bonds. The molecule has 0 spiro atoms. The van der Waals surface area contributed by atoms with E-state index in [2.05, 4.69) is 12.2 Å². The molecule has 3 atom stereocenters. The SMILES string of the molecule is CC1CC1CNC(CN)c1cc(F)cc(Cl)c1. The van der Waals surface area contributed by atoms with Crippen LogP contribution in [0.2, 0.25) is 5.02 Å². The summed E-state index contributed by atoms with van der Waals surface area (Å²) in [5, 5.41) is 3.80. The van der Waals surface area contributed by atoms with E-state index >= 15 is 0 Å². The number of halogens is 2. The van der Waals surface area contributed by atoms with E-state index < -0.39 is 0 Å². The molecule has 2 rings (SSSR count). The summed E-state index contributed by atoms with van der Waals surface area (Å²) in [6.45, 7) is 3.63. The second-order valence-corrected chi connectivity index (χ2v) is 5.31. The molecule has 3 unspecified atom stereocenters. The molecule has 3 N–H and O–H groups in total. The minimum Gasteiger partial charge on any atom is -0.329 e. The lowest BCUT2D eigenvalue weighted by Gasteiger charge is -2.17. The number of nitrogens with one attached hydrogen (secondary N) is 1. The average Bonchev–Trinajstić information content (AvgIpc) is 2.94. The molecule has 1 aromatic rings. The first-order valence-corrected chi connectivity index (χ1v) is 6.37. The van der Waals surface area contributed by atoms with Gasteiger partial charge in [-0.3, -0.25) is 0 Å². The second-order valence-electron chi connectivity index (χ2n) is 4.87. The fraction of sp³-hybridized carbons (Fsp3) is 0.538. The Morgan fingerprint density at radius 1 is 1.53 bits per heavy atom. The van der Waals surface area contributed by atoms with Gasteiger partial charge in [-0.25, -0.2) is 4.39 Å². The van der Waals surface area contributed by atoms with Gasteiger partial charge in [-0.1, -0.05) is 18.5 Å². The predicted octanol–water partition coefficient (Wildman–Crippen LogP) is 2.72. The first-order chi connectivity index (χ1) is 8.10. The van der Waals surface area contributed by atoms with Crippen LogP contribution in [0, 0.1) is 17.7 Å². The number of nitrogens with two attached hydrogens (primary N) is 1. The molecule has 4 heteroatoms. The molecule has 0 aliphatic heterocycles. The molecule has 2 nitrogen and oxygen atoms in total. The van der Waals surface area contributed by atoms with E-state index in [1.54, 1.807) is 6.07 Å². The van der Waals surface area contributed by atoms with Crippen LogP contribution in [0.3, 0.4) is 0 Å².